The Hall–Kier alpha value is -3.00. The fraction of sp³-hybridized carbons (Fsp3) is 0.333. The first-order valence-electron chi connectivity index (χ1n) is 9.70. The van der Waals surface area contributed by atoms with Crippen molar-refractivity contribution in [2.24, 2.45) is 5.92 Å². The predicted octanol–water partition coefficient (Wildman–Crippen LogP) is 2.57. The van der Waals surface area contributed by atoms with Crippen LogP contribution in [0.2, 0.25) is 0 Å². The van der Waals surface area contributed by atoms with Crippen LogP contribution in [0.5, 0.6) is 0 Å². The third kappa shape index (κ3) is 3.04. The van der Waals surface area contributed by atoms with Gasteiger partial charge in [0.15, 0.2) is 0 Å². The molecule has 29 heavy (non-hydrogen) atoms. The van der Waals surface area contributed by atoms with E-state index in [0.717, 1.165) is 29.7 Å². The third-order valence-corrected chi connectivity index (χ3v) is 6.82. The summed E-state index contributed by atoms with van der Waals surface area (Å²) >= 11 is 1.59. The van der Waals surface area contributed by atoms with Crippen molar-refractivity contribution in [3.8, 4) is 0 Å². The van der Waals surface area contributed by atoms with Crippen molar-refractivity contribution < 1.29 is 9.59 Å². The maximum absolute atomic E-state index is 13.2. The molecule has 1 N–H and O–H groups in total. The molecule has 0 saturated carbocycles. The monoisotopic (exact) mass is 408 g/mol. The number of carbonyl (C=O) groups is 2. The van der Waals surface area contributed by atoms with Gasteiger partial charge in [-0.05, 0) is 42.9 Å². The summed E-state index contributed by atoms with van der Waals surface area (Å²) in [5, 5.41) is 3.42. The lowest BCUT2D eigenvalue weighted by Gasteiger charge is -2.29. The molecule has 148 valence electrons. The molecule has 0 spiro atoms. The molecule has 5 rings (SSSR count). The number of amides is 2. The van der Waals surface area contributed by atoms with Crippen molar-refractivity contribution in [2.75, 3.05) is 16.8 Å². The minimum absolute atomic E-state index is 0.0635. The van der Waals surface area contributed by atoms with E-state index in [9.17, 15) is 14.4 Å². The zero-order valence-electron chi connectivity index (χ0n) is 16.0. The van der Waals surface area contributed by atoms with E-state index in [1.54, 1.807) is 29.5 Å². The summed E-state index contributed by atoms with van der Waals surface area (Å²) < 4.78 is 1.37. The molecular formula is C21H20N4O3S. The number of aryl methyl sites for hydroxylation is 1. The molecule has 0 fully saturated rings. The Bertz CT molecular complexity index is 1210. The smallest absolute Gasteiger partial charge is 0.262 e. The van der Waals surface area contributed by atoms with E-state index in [2.05, 4.69) is 17.2 Å². The van der Waals surface area contributed by atoms with Crippen LogP contribution >= 0.6 is 11.3 Å². The lowest BCUT2D eigenvalue weighted by atomic mass is 9.89. The summed E-state index contributed by atoms with van der Waals surface area (Å²) in [6.07, 6.45) is 4.37. The van der Waals surface area contributed by atoms with Crippen molar-refractivity contribution in [3.05, 3.63) is 51.4 Å². The Morgan fingerprint density at radius 1 is 1.31 bits per heavy atom. The standard InChI is InChI=1S/C21H20N4O3S/c1-12-6-7-13-16(8-12)29-20-19(13)21(28)24(11-22-20)10-18(27)25-9-17(26)23-14-4-2-3-5-15(14)25/h2-5,11-12H,6-10H2,1H3,(H,23,26)/t12-/m0/s1. The second-order valence-corrected chi connectivity index (χ2v) is 8.84. The molecule has 0 bridgehead atoms. The zero-order chi connectivity index (χ0) is 20.1. The van der Waals surface area contributed by atoms with Gasteiger partial charge in [0.2, 0.25) is 11.8 Å². The lowest BCUT2D eigenvalue weighted by molar-refractivity contribution is -0.122. The summed E-state index contributed by atoms with van der Waals surface area (Å²) in [5.74, 6) is 0.0527. The van der Waals surface area contributed by atoms with Gasteiger partial charge in [-0.2, -0.15) is 0 Å². The first kappa shape index (κ1) is 18.1. The Kier molecular flexibility index (Phi) is 4.24. The number of aromatic nitrogens is 2. The molecule has 0 unspecified atom stereocenters. The van der Waals surface area contributed by atoms with Gasteiger partial charge in [-0.3, -0.25) is 23.9 Å². The highest BCUT2D eigenvalue weighted by molar-refractivity contribution is 7.18. The summed E-state index contributed by atoms with van der Waals surface area (Å²) in [4.78, 5) is 46.0. The van der Waals surface area contributed by atoms with Crippen molar-refractivity contribution in [3.63, 3.8) is 0 Å². The molecule has 3 heterocycles. The fourth-order valence-corrected chi connectivity index (χ4v) is 5.51. The molecule has 2 amide bonds. The number of fused-ring (bicyclic) bond motifs is 4. The Morgan fingerprint density at radius 2 is 2.14 bits per heavy atom. The van der Waals surface area contributed by atoms with E-state index >= 15 is 0 Å². The average molecular weight is 408 g/mol. The lowest BCUT2D eigenvalue weighted by Crippen LogP contribution is -2.44. The Labute approximate surface area is 171 Å². The van der Waals surface area contributed by atoms with Crippen LogP contribution in [0.4, 0.5) is 11.4 Å². The number of benzene rings is 1. The summed E-state index contributed by atoms with van der Waals surface area (Å²) in [5.41, 5.74) is 2.16. The van der Waals surface area contributed by atoms with Crippen molar-refractivity contribution in [2.45, 2.75) is 32.7 Å². The van der Waals surface area contributed by atoms with E-state index in [0.29, 0.717) is 22.7 Å². The van der Waals surface area contributed by atoms with Gasteiger partial charge in [0, 0.05) is 4.88 Å². The quantitative estimate of drug-likeness (QED) is 0.706. The van der Waals surface area contributed by atoms with Crippen molar-refractivity contribution in [1.82, 2.24) is 9.55 Å². The number of para-hydroxylation sites is 2. The topological polar surface area (TPSA) is 84.3 Å². The van der Waals surface area contributed by atoms with E-state index < -0.39 is 0 Å². The highest BCUT2D eigenvalue weighted by Crippen LogP contribution is 2.35. The minimum Gasteiger partial charge on any atom is -0.323 e. The van der Waals surface area contributed by atoms with E-state index in [4.69, 9.17) is 0 Å². The average Bonchev–Trinajstić information content (AvgIpc) is 3.07. The van der Waals surface area contributed by atoms with E-state index in [-0.39, 0.29) is 30.5 Å². The van der Waals surface area contributed by atoms with Crippen LogP contribution in [-0.4, -0.2) is 27.9 Å². The van der Waals surface area contributed by atoms with Crippen LogP contribution in [0, 0.1) is 5.92 Å². The molecular weight excluding hydrogens is 388 g/mol. The van der Waals surface area contributed by atoms with E-state index in [1.807, 2.05) is 6.07 Å². The summed E-state index contributed by atoms with van der Waals surface area (Å²) in [7, 11) is 0. The van der Waals surface area contributed by atoms with Gasteiger partial charge in [0.1, 0.15) is 17.9 Å². The zero-order valence-corrected chi connectivity index (χ0v) is 16.8. The van der Waals surface area contributed by atoms with Gasteiger partial charge >= 0.3 is 0 Å². The number of nitrogens with zero attached hydrogens (tertiary/aromatic N) is 3. The number of hydrogen-bond acceptors (Lipinski definition) is 5. The van der Waals surface area contributed by atoms with Crippen LogP contribution in [0.3, 0.4) is 0 Å². The van der Waals surface area contributed by atoms with Crippen LogP contribution in [-0.2, 0) is 29.0 Å². The van der Waals surface area contributed by atoms with Gasteiger partial charge in [0.25, 0.3) is 5.56 Å². The summed E-state index contributed by atoms with van der Waals surface area (Å²) in [6, 6.07) is 7.16. The van der Waals surface area contributed by atoms with Crippen molar-refractivity contribution >= 4 is 44.7 Å². The van der Waals surface area contributed by atoms with Gasteiger partial charge in [-0.1, -0.05) is 19.1 Å². The number of thiophene rings is 1. The third-order valence-electron chi connectivity index (χ3n) is 5.66. The predicted molar refractivity (Wildman–Crippen MR) is 112 cm³/mol. The second kappa shape index (κ2) is 6.81. The molecule has 0 saturated heterocycles. The summed E-state index contributed by atoms with van der Waals surface area (Å²) in [6.45, 7) is 2.01. The number of hydrogen-bond donors (Lipinski definition) is 1. The van der Waals surface area contributed by atoms with Crippen molar-refractivity contribution in [1.29, 1.82) is 0 Å². The molecule has 8 heteroatoms. The second-order valence-electron chi connectivity index (χ2n) is 7.75. The first-order valence-corrected chi connectivity index (χ1v) is 10.5. The molecule has 1 aromatic carbocycles. The highest BCUT2D eigenvalue weighted by Gasteiger charge is 2.28. The molecule has 2 aromatic heterocycles. The minimum atomic E-state index is -0.312. The Balaban J connectivity index is 1.50. The van der Waals surface area contributed by atoms with Crippen LogP contribution in [0.15, 0.2) is 35.4 Å². The van der Waals surface area contributed by atoms with Gasteiger partial charge in [-0.25, -0.2) is 4.98 Å². The molecule has 1 aliphatic heterocycles. The number of nitrogens with one attached hydrogen (secondary N) is 1. The number of rotatable bonds is 2. The van der Waals surface area contributed by atoms with Crippen LogP contribution in [0.1, 0.15) is 23.8 Å². The maximum Gasteiger partial charge on any atom is 0.262 e. The molecule has 1 aliphatic carbocycles. The highest BCUT2D eigenvalue weighted by atomic mass is 32.1. The molecule has 2 aliphatic rings. The van der Waals surface area contributed by atoms with Crippen LogP contribution < -0.4 is 15.8 Å². The number of anilines is 2. The molecule has 7 nitrogen and oxygen atoms in total. The maximum atomic E-state index is 13.2. The Morgan fingerprint density at radius 3 is 3.00 bits per heavy atom. The molecule has 3 aromatic rings. The van der Waals surface area contributed by atoms with Gasteiger partial charge < -0.3 is 5.32 Å². The largest absolute Gasteiger partial charge is 0.323 e. The SMILES string of the molecule is C[C@H]1CCc2c(sc3ncn(CC(=O)N4CC(=O)Nc5ccccc54)c(=O)c23)C1. The normalized spacial score (nSPS) is 18.3. The number of carbonyl (C=O) groups excluding carboxylic acids is 2. The van der Waals surface area contributed by atoms with Gasteiger partial charge in [0.05, 0.1) is 23.1 Å². The van der Waals surface area contributed by atoms with E-state index in [1.165, 1.54) is 20.7 Å². The van der Waals surface area contributed by atoms with Gasteiger partial charge in [-0.15, -0.1) is 11.3 Å². The first-order chi connectivity index (χ1) is 14.0. The fourth-order valence-electron chi connectivity index (χ4n) is 4.17. The molecule has 0 radical (unpaired) electrons. The van der Waals surface area contributed by atoms with Crippen LogP contribution in [0.25, 0.3) is 10.2 Å². The molecule has 1 atom stereocenters.